The average Bonchev–Trinajstić information content (AvgIpc) is 2.42. The van der Waals surface area contributed by atoms with Gasteiger partial charge >= 0.3 is 5.97 Å². The Balaban J connectivity index is 3.84. The molecule has 19 heavy (non-hydrogen) atoms. The van der Waals surface area contributed by atoms with Gasteiger partial charge in [0.2, 0.25) is 0 Å². The van der Waals surface area contributed by atoms with Crippen molar-refractivity contribution in [1.29, 1.82) is 0 Å². The summed E-state index contributed by atoms with van der Waals surface area (Å²) in [4.78, 5) is 11.9. The molecule has 0 aromatic heterocycles. The Labute approximate surface area is 119 Å². The van der Waals surface area contributed by atoms with Crippen LogP contribution in [0.25, 0.3) is 0 Å². The Bertz CT molecular complexity index is 266. The van der Waals surface area contributed by atoms with E-state index >= 15 is 0 Å². The molecule has 2 heteroatoms. The molecular formula is C17H32O2. The molecule has 0 N–H and O–H groups in total. The van der Waals surface area contributed by atoms with E-state index in [4.69, 9.17) is 4.74 Å². The second-order valence-electron chi connectivity index (χ2n) is 5.24. The number of allylic oxidation sites excluding steroid dienone is 1. The maximum absolute atomic E-state index is 11.9. The van der Waals surface area contributed by atoms with Crippen LogP contribution in [0.1, 0.15) is 85.5 Å². The van der Waals surface area contributed by atoms with Gasteiger partial charge in [0.05, 0.1) is 6.61 Å². The van der Waals surface area contributed by atoms with Gasteiger partial charge in [0.1, 0.15) is 0 Å². The zero-order valence-corrected chi connectivity index (χ0v) is 13.4. The molecule has 112 valence electrons. The van der Waals surface area contributed by atoms with Gasteiger partial charge in [-0.3, -0.25) is 0 Å². The van der Waals surface area contributed by atoms with Crippen LogP contribution in [0.3, 0.4) is 0 Å². The van der Waals surface area contributed by atoms with Crippen LogP contribution in [0.15, 0.2) is 11.1 Å². The normalized spacial score (nSPS) is 12.2. The Kier molecular flexibility index (Phi) is 11.7. The van der Waals surface area contributed by atoms with Crippen molar-refractivity contribution in [3.8, 4) is 0 Å². The average molecular weight is 268 g/mol. The lowest BCUT2D eigenvalue weighted by Gasteiger charge is -2.10. The highest BCUT2D eigenvalue weighted by atomic mass is 16.5. The molecule has 0 aromatic rings. The summed E-state index contributed by atoms with van der Waals surface area (Å²) in [5.41, 5.74) is 2.07. The van der Waals surface area contributed by atoms with Crippen molar-refractivity contribution in [3.05, 3.63) is 11.1 Å². The molecule has 0 saturated carbocycles. The summed E-state index contributed by atoms with van der Waals surface area (Å²) in [6, 6.07) is 0. The van der Waals surface area contributed by atoms with E-state index in [1.807, 2.05) is 6.92 Å². The molecule has 0 atom stereocenters. The van der Waals surface area contributed by atoms with Gasteiger partial charge in [-0.2, -0.15) is 0 Å². The Morgan fingerprint density at radius 2 is 1.53 bits per heavy atom. The lowest BCUT2D eigenvalue weighted by Crippen LogP contribution is -2.09. The van der Waals surface area contributed by atoms with Crippen molar-refractivity contribution < 1.29 is 9.53 Å². The molecule has 0 unspecified atom stereocenters. The molecular weight excluding hydrogens is 236 g/mol. The summed E-state index contributed by atoms with van der Waals surface area (Å²) in [5, 5.41) is 0. The number of carbonyl (C=O) groups is 1. The minimum atomic E-state index is -0.112. The number of carbonyl (C=O) groups excluding carboxylic acids is 1. The SMILES string of the molecule is CCCCCCCCOC(=O)C(C)=C(CC)CCC. The van der Waals surface area contributed by atoms with Crippen molar-refractivity contribution in [2.45, 2.75) is 85.5 Å². The summed E-state index contributed by atoms with van der Waals surface area (Å²) in [6.07, 6.45) is 10.4. The summed E-state index contributed by atoms with van der Waals surface area (Å²) < 4.78 is 5.34. The number of rotatable bonds is 11. The molecule has 0 aliphatic rings. The summed E-state index contributed by atoms with van der Waals surface area (Å²) in [5.74, 6) is -0.112. The van der Waals surface area contributed by atoms with Crippen molar-refractivity contribution in [2.75, 3.05) is 6.61 Å². The molecule has 0 heterocycles. The van der Waals surface area contributed by atoms with Crippen LogP contribution < -0.4 is 0 Å². The third-order valence-electron chi connectivity index (χ3n) is 3.55. The predicted octanol–water partition coefficient (Wildman–Crippen LogP) is 5.42. The first kappa shape index (κ1) is 18.2. The predicted molar refractivity (Wildman–Crippen MR) is 82.2 cm³/mol. The van der Waals surface area contributed by atoms with Gasteiger partial charge in [-0.1, -0.05) is 64.9 Å². The molecule has 0 fully saturated rings. The van der Waals surface area contributed by atoms with Gasteiger partial charge in [0.25, 0.3) is 0 Å². The molecule has 0 aromatic carbocycles. The zero-order chi connectivity index (χ0) is 14.5. The number of hydrogen-bond acceptors (Lipinski definition) is 2. The van der Waals surface area contributed by atoms with Crippen molar-refractivity contribution >= 4 is 5.97 Å². The first-order chi connectivity index (χ1) is 9.17. The van der Waals surface area contributed by atoms with Crippen LogP contribution in [0.5, 0.6) is 0 Å². The molecule has 0 radical (unpaired) electrons. The Hall–Kier alpha value is -0.790. The maximum Gasteiger partial charge on any atom is 0.333 e. The van der Waals surface area contributed by atoms with Crippen LogP contribution in [0, 0.1) is 0 Å². The van der Waals surface area contributed by atoms with Crippen LogP contribution >= 0.6 is 0 Å². The number of esters is 1. The maximum atomic E-state index is 11.9. The van der Waals surface area contributed by atoms with E-state index in [9.17, 15) is 4.79 Å². The lowest BCUT2D eigenvalue weighted by atomic mass is 10.0. The van der Waals surface area contributed by atoms with Gasteiger partial charge in [-0.25, -0.2) is 4.79 Å². The van der Waals surface area contributed by atoms with Gasteiger partial charge in [-0.15, -0.1) is 0 Å². The molecule has 0 rings (SSSR count). The first-order valence-corrected chi connectivity index (χ1v) is 8.03. The fourth-order valence-corrected chi connectivity index (χ4v) is 2.23. The quantitative estimate of drug-likeness (QED) is 0.284. The van der Waals surface area contributed by atoms with E-state index < -0.39 is 0 Å². The fraction of sp³-hybridized carbons (Fsp3) is 0.824. The standard InChI is InChI=1S/C17H32O2/c1-5-8-9-10-11-12-14-19-17(18)15(4)16(7-3)13-6-2/h5-14H2,1-4H3. The van der Waals surface area contributed by atoms with Gasteiger partial charge in [-0.05, 0) is 26.2 Å². The van der Waals surface area contributed by atoms with Crippen LogP contribution in [-0.4, -0.2) is 12.6 Å². The Morgan fingerprint density at radius 3 is 2.11 bits per heavy atom. The molecule has 2 nitrogen and oxygen atoms in total. The highest BCUT2D eigenvalue weighted by Gasteiger charge is 2.10. The molecule has 0 saturated heterocycles. The third-order valence-corrected chi connectivity index (χ3v) is 3.55. The first-order valence-electron chi connectivity index (χ1n) is 8.03. The van der Waals surface area contributed by atoms with Gasteiger partial charge < -0.3 is 4.74 Å². The van der Waals surface area contributed by atoms with Crippen molar-refractivity contribution in [3.63, 3.8) is 0 Å². The summed E-state index contributed by atoms with van der Waals surface area (Å²) >= 11 is 0. The third kappa shape index (κ3) is 8.85. The fourth-order valence-electron chi connectivity index (χ4n) is 2.23. The highest BCUT2D eigenvalue weighted by molar-refractivity contribution is 5.88. The minimum absolute atomic E-state index is 0.112. The zero-order valence-electron chi connectivity index (χ0n) is 13.4. The summed E-state index contributed by atoms with van der Waals surface area (Å²) in [7, 11) is 0. The van der Waals surface area contributed by atoms with Crippen LogP contribution in [-0.2, 0) is 9.53 Å². The molecule has 0 aliphatic heterocycles. The van der Waals surface area contributed by atoms with E-state index in [1.54, 1.807) is 0 Å². The van der Waals surface area contributed by atoms with E-state index in [0.29, 0.717) is 6.61 Å². The number of ether oxygens (including phenoxy) is 1. The monoisotopic (exact) mass is 268 g/mol. The van der Waals surface area contributed by atoms with Crippen LogP contribution in [0.2, 0.25) is 0 Å². The van der Waals surface area contributed by atoms with E-state index in [1.165, 1.54) is 37.7 Å². The van der Waals surface area contributed by atoms with Crippen molar-refractivity contribution in [1.82, 2.24) is 0 Å². The number of hydrogen-bond donors (Lipinski definition) is 0. The van der Waals surface area contributed by atoms with Gasteiger partial charge in [0, 0.05) is 5.57 Å². The van der Waals surface area contributed by atoms with Crippen LogP contribution in [0.4, 0.5) is 0 Å². The number of unbranched alkanes of at least 4 members (excludes halogenated alkanes) is 5. The summed E-state index contributed by atoms with van der Waals surface area (Å²) in [6.45, 7) is 8.95. The smallest absolute Gasteiger partial charge is 0.333 e. The lowest BCUT2D eigenvalue weighted by molar-refractivity contribution is -0.139. The highest BCUT2D eigenvalue weighted by Crippen LogP contribution is 2.16. The second kappa shape index (κ2) is 12.3. The Morgan fingerprint density at radius 1 is 0.895 bits per heavy atom. The molecule has 0 bridgehead atoms. The topological polar surface area (TPSA) is 26.3 Å². The van der Waals surface area contributed by atoms with E-state index in [-0.39, 0.29) is 5.97 Å². The van der Waals surface area contributed by atoms with Crippen molar-refractivity contribution in [2.24, 2.45) is 0 Å². The molecule has 0 aliphatic carbocycles. The molecule has 0 spiro atoms. The largest absolute Gasteiger partial charge is 0.462 e. The minimum Gasteiger partial charge on any atom is -0.462 e. The second-order valence-corrected chi connectivity index (χ2v) is 5.24. The molecule has 0 amide bonds. The van der Waals surface area contributed by atoms with Gasteiger partial charge in [0.15, 0.2) is 0 Å². The van der Waals surface area contributed by atoms with E-state index in [2.05, 4.69) is 20.8 Å². The van der Waals surface area contributed by atoms with E-state index in [0.717, 1.165) is 31.3 Å².